The molecule has 1 saturated heterocycles. The Morgan fingerprint density at radius 1 is 1.09 bits per heavy atom. The minimum absolute atomic E-state index is 0.170. The van der Waals surface area contributed by atoms with Crippen molar-refractivity contribution in [2.45, 2.75) is 33.1 Å². The van der Waals surface area contributed by atoms with Gasteiger partial charge in [-0.3, -0.25) is 19.3 Å². The predicted octanol–water partition coefficient (Wildman–Crippen LogP) is 4.48. The smallest absolute Gasteiger partial charge is 0.338 e. The maximum Gasteiger partial charge on any atom is 0.338 e. The van der Waals surface area contributed by atoms with E-state index in [2.05, 4.69) is 28.2 Å². The molecule has 2 aromatic rings. The van der Waals surface area contributed by atoms with Gasteiger partial charge in [-0.05, 0) is 74.1 Å². The maximum absolute atomic E-state index is 12.9. The quantitative estimate of drug-likeness (QED) is 0.470. The van der Waals surface area contributed by atoms with Crippen LogP contribution < -0.4 is 10.2 Å². The van der Waals surface area contributed by atoms with E-state index in [9.17, 15) is 19.2 Å². The van der Waals surface area contributed by atoms with Crippen molar-refractivity contribution in [1.82, 2.24) is 0 Å². The van der Waals surface area contributed by atoms with E-state index >= 15 is 0 Å². The summed E-state index contributed by atoms with van der Waals surface area (Å²) in [5.74, 6) is -1.73. The molecule has 1 saturated carbocycles. The number of aryl methyl sites for hydroxylation is 1. The van der Waals surface area contributed by atoms with Crippen LogP contribution >= 0.6 is 15.9 Å². The zero-order chi connectivity index (χ0) is 23.7. The Morgan fingerprint density at radius 3 is 2.61 bits per heavy atom. The predicted molar refractivity (Wildman–Crippen MR) is 127 cm³/mol. The summed E-state index contributed by atoms with van der Waals surface area (Å²) in [7, 11) is 0. The topological polar surface area (TPSA) is 92.8 Å². The zero-order valence-corrected chi connectivity index (χ0v) is 20.1. The van der Waals surface area contributed by atoms with E-state index in [0.29, 0.717) is 30.1 Å². The molecule has 4 rings (SSSR count). The number of ether oxygens (including phenoxy) is 1. The molecule has 33 heavy (non-hydrogen) atoms. The second kappa shape index (κ2) is 9.47. The fourth-order valence-electron chi connectivity index (χ4n) is 4.58. The van der Waals surface area contributed by atoms with E-state index in [0.717, 1.165) is 16.5 Å². The third kappa shape index (κ3) is 4.85. The van der Waals surface area contributed by atoms with Crippen LogP contribution in [0.1, 0.15) is 42.1 Å². The van der Waals surface area contributed by atoms with Gasteiger partial charge in [-0.1, -0.05) is 28.9 Å². The SMILES string of the molecule is Cc1cc(Br)ccc1NC(=O)COC(=O)c1cccc(N2C(=O)[C@@H]3CC[C@@H](C)C[C@H]3C2=O)c1. The molecule has 1 heterocycles. The number of carbonyl (C=O) groups excluding carboxylic acids is 4. The summed E-state index contributed by atoms with van der Waals surface area (Å²) in [6, 6.07) is 11.7. The number of nitrogens with one attached hydrogen (secondary N) is 1. The fourth-order valence-corrected chi connectivity index (χ4v) is 5.06. The minimum Gasteiger partial charge on any atom is -0.452 e. The number of imide groups is 1. The Kier molecular flexibility index (Phi) is 6.65. The number of amides is 3. The number of hydrogen-bond donors (Lipinski definition) is 1. The Labute approximate surface area is 200 Å². The van der Waals surface area contributed by atoms with E-state index in [-0.39, 0.29) is 29.2 Å². The highest BCUT2D eigenvalue weighted by Crippen LogP contribution is 2.42. The van der Waals surface area contributed by atoms with Gasteiger partial charge in [0.15, 0.2) is 6.61 Å². The Bertz CT molecular complexity index is 1130. The van der Waals surface area contributed by atoms with Crippen LogP contribution in [-0.4, -0.2) is 30.3 Å². The molecule has 0 unspecified atom stereocenters. The van der Waals surface area contributed by atoms with Gasteiger partial charge in [0, 0.05) is 10.2 Å². The van der Waals surface area contributed by atoms with E-state index in [4.69, 9.17) is 4.74 Å². The first-order chi connectivity index (χ1) is 15.7. The average Bonchev–Trinajstić information content (AvgIpc) is 3.03. The van der Waals surface area contributed by atoms with Crippen molar-refractivity contribution < 1.29 is 23.9 Å². The summed E-state index contributed by atoms with van der Waals surface area (Å²) in [4.78, 5) is 51.8. The molecule has 1 N–H and O–H groups in total. The number of esters is 1. The number of rotatable bonds is 5. The lowest BCUT2D eigenvalue weighted by Gasteiger charge is -2.25. The van der Waals surface area contributed by atoms with Crippen LogP contribution in [-0.2, 0) is 19.1 Å². The Morgan fingerprint density at radius 2 is 1.85 bits per heavy atom. The van der Waals surface area contributed by atoms with Crippen LogP contribution in [0.5, 0.6) is 0 Å². The molecule has 1 aliphatic heterocycles. The molecule has 3 atom stereocenters. The van der Waals surface area contributed by atoms with E-state index in [1.54, 1.807) is 24.3 Å². The van der Waals surface area contributed by atoms with Gasteiger partial charge >= 0.3 is 5.97 Å². The van der Waals surface area contributed by atoms with Crippen LogP contribution in [0, 0.1) is 24.7 Å². The summed E-state index contributed by atoms with van der Waals surface area (Å²) < 4.78 is 6.05. The van der Waals surface area contributed by atoms with Crippen molar-refractivity contribution in [2.75, 3.05) is 16.8 Å². The van der Waals surface area contributed by atoms with Crippen LogP contribution in [0.25, 0.3) is 0 Å². The number of halogens is 1. The number of fused-ring (bicyclic) bond motifs is 1. The third-order valence-electron chi connectivity index (χ3n) is 6.32. The lowest BCUT2D eigenvalue weighted by molar-refractivity contribution is -0.122. The van der Waals surface area contributed by atoms with Gasteiger partial charge in [-0.2, -0.15) is 0 Å². The van der Waals surface area contributed by atoms with Crippen LogP contribution in [0.3, 0.4) is 0 Å². The first-order valence-electron chi connectivity index (χ1n) is 11.0. The molecule has 0 radical (unpaired) electrons. The lowest BCUT2D eigenvalue weighted by Crippen LogP contribution is -2.31. The second-order valence-corrected chi connectivity index (χ2v) is 9.69. The molecular formula is C25H25BrN2O5. The van der Waals surface area contributed by atoms with Gasteiger partial charge in [-0.25, -0.2) is 4.79 Å². The van der Waals surface area contributed by atoms with Crippen molar-refractivity contribution >= 4 is 51.0 Å². The summed E-state index contributed by atoms with van der Waals surface area (Å²) in [6.45, 7) is 3.50. The minimum atomic E-state index is -0.704. The molecular weight excluding hydrogens is 488 g/mol. The molecule has 3 amide bonds. The molecule has 7 nitrogen and oxygen atoms in total. The van der Waals surface area contributed by atoms with Crippen molar-refractivity contribution in [1.29, 1.82) is 0 Å². The molecule has 2 fully saturated rings. The highest BCUT2D eigenvalue weighted by atomic mass is 79.9. The summed E-state index contributed by atoms with van der Waals surface area (Å²) in [6.07, 6.45) is 2.35. The summed E-state index contributed by atoms with van der Waals surface area (Å²) in [5.41, 5.74) is 2.02. The number of carbonyl (C=O) groups is 4. The lowest BCUT2D eigenvalue weighted by atomic mass is 9.76. The molecule has 1 aliphatic carbocycles. The van der Waals surface area contributed by atoms with Crippen LogP contribution in [0.4, 0.5) is 11.4 Å². The van der Waals surface area contributed by atoms with Gasteiger partial charge in [0.1, 0.15) is 0 Å². The molecule has 0 spiro atoms. The molecule has 8 heteroatoms. The van der Waals surface area contributed by atoms with Crippen molar-refractivity contribution in [3.8, 4) is 0 Å². The van der Waals surface area contributed by atoms with Crippen LogP contribution in [0.15, 0.2) is 46.9 Å². The van der Waals surface area contributed by atoms with Gasteiger partial charge in [0.2, 0.25) is 11.8 Å². The fraction of sp³-hybridized carbons (Fsp3) is 0.360. The molecule has 172 valence electrons. The zero-order valence-electron chi connectivity index (χ0n) is 18.5. The second-order valence-electron chi connectivity index (χ2n) is 8.78. The number of hydrogen-bond acceptors (Lipinski definition) is 5. The van der Waals surface area contributed by atoms with Gasteiger partial charge < -0.3 is 10.1 Å². The average molecular weight is 513 g/mol. The number of benzene rings is 2. The Hall–Kier alpha value is -3.00. The largest absolute Gasteiger partial charge is 0.452 e. The van der Waals surface area contributed by atoms with Gasteiger partial charge in [-0.15, -0.1) is 0 Å². The van der Waals surface area contributed by atoms with Gasteiger partial charge in [0.25, 0.3) is 5.91 Å². The standard InChI is InChI=1S/C25H25BrN2O5/c1-14-6-8-19-20(10-14)24(31)28(23(19)30)18-5-3-4-16(12-18)25(32)33-13-22(29)27-21-9-7-17(26)11-15(21)2/h3-5,7,9,11-12,14,19-20H,6,8,10,13H2,1-2H3,(H,27,29)/t14-,19-,20-/m1/s1. The van der Waals surface area contributed by atoms with Crippen molar-refractivity contribution in [2.24, 2.45) is 17.8 Å². The molecule has 0 aromatic heterocycles. The molecule has 2 aromatic carbocycles. The van der Waals surface area contributed by atoms with Crippen LogP contribution in [0.2, 0.25) is 0 Å². The highest BCUT2D eigenvalue weighted by molar-refractivity contribution is 9.10. The monoisotopic (exact) mass is 512 g/mol. The Balaban J connectivity index is 1.41. The highest BCUT2D eigenvalue weighted by Gasteiger charge is 2.50. The van der Waals surface area contributed by atoms with E-state index in [1.807, 2.05) is 13.0 Å². The first kappa shape index (κ1) is 23.2. The first-order valence-corrected chi connectivity index (χ1v) is 11.7. The van der Waals surface area contributed by atoms with E-state index in [1.165, 1.54) is 17.0 Å². The third-order valence-corrected chi connectivity index (χ3v) is 6.82. The van der Waals surface area contributed by atoms with Crippen molar-refractivity contribution in [3.63, 3.8) is 0 Å². The summed E-state index contributed by atoms with van der Waals surface area (Å²) >= 11 is 3.37. The number of nitrogens with zero attached hydrogens (tertiary/aromatic N) is 1. The molecule has 2 aliphatic rings. The normalized spacial score (nSPS) is 22.2. The van der Waals surface area contributed by atoms with Crippen molar-refractivity contribution in [3.05, 3.63) is 58.1 Å². The van der Waals surface area contributed by atoms with E-state index < -0.39 is 18.5 Å². The van der Waals surface area contributed by atoms with Gasteiger partial charge in [0.05, 0.1) is 23.1 Å². The summed E-state index contributed by atoms with van der Waals surface area (Å²) in [5, 5.41) is 2.71. The number of anilines is 2. The molecule has 0 bridgehead atoms. The maximum atomic E-state index is 12.9.